The number of rotatable bonds is 4. The van der Waals surface area contributed by atoms with Crippen LogP contribution in [0.2, 0.25) is 0 Å². The highest BCUT2D eigenvalue weighted by atomic mass is 32.2. The van der Waals surface area contributed by atoms with Crippen molar-refractivity contribution >= 4 is 23.1 Å². The van der Waals surface area contributed by atoms with Gasteiger partial charge in [-0.05, 0) is 39.4 Å². The SMILES string of the molecule is CCc1nc(C2(NC(C)C)CCSC2)sc1C. The van der Waals surface area contributed by atoms with E-state index in [1.807, 2.05) is 23.1 Å². The van der Waals surface area contributed by atoms with Crippen molar-refractivity contribution in [3.8, 4) is 0 Å². The van der Waals surface area contributed by atoms with Crippen molar-refractivity contribution in [2.45, 2.75) is 52.1 Å². The third-order valence-corrected chi connectivity index (χ3v) is 5.63. The van der Waals surface area contributed by atoms with Gasteiger partial charge in [0.05, 0.1) is 11.2 Å². The molecule has 96 valence electrons. The van der Waals surface area contributed by atoms with Crippen LogP contribution in [0.25, 0.3) is 0 Å². The van der Waals surface area contributed by atoms with Crippen molar-refractivity contribution in [1.29, 1.82) is 0 Å². The van der Waals surface area contributed by atoms with E-state index in [-0.39, 0.29) is 5.54 Å². The maximum Gasteiger partial charge on any atom is 0.114 e. The Hall–Kier alpha value is -0.0600. The molecule has 0 amide bonds. The largest absolute Gasteiger partial charge is 0.302 e. The monoisotopic (exact) mass is 270 g/mol. The van der Waals surface area contributed by atoms with E-state index < -0.39 is 0 Å². The highest BCUT2D eigenvalue weighted by molar-refractivity contribution is 7.99. The number of thioether (sulfide) groups is 1. The molecule has 2 heterocycles. The quantitative estimate of drug-likeness (QED) is 0.908. The summed E-state index contributed by atoms with van der Waals surface area (Å²) in [5.41, 5.74) is 1.42. The minimum absolute atomic E-state index is 0.141. The highest BCUT2D eigenvalue weighted by Crippen LogP contribution is 2.39. The highest BCUT2D eigenvalue weighted by Gasteiger charge is 2.39. The van der Waals surface area contributed by atoms with Crippen molar-refractivity contribution in [2.75, 3.05) is 11.5 Å². The first kappa shape index (κ1) is 13.4. The Bertz CT molecular complexity index is 379. The van der Waals surface area contributed by atoms with Crippen LogP contribution in [-0.4, -0.2) is 22.5 Å². The zero-order valence-corrected chi connectivity index (χ0v) is 12.8. The molecule has 0 bridgehead atoms. The Morgan fingerprint density at radius 2 is 2.24 bits per heavy atom. The van der Waals surface area contributed by atoms with Gasteiger partial charge in [0.2, 0.25) is 0 Å². The van der Waals surface area contributed by atoms with Crippen LogP contribution in [0.3, 0.4) is 0 Å². The second-order valence-corrected chi connectivity index (χ2v) is 7.37. The number of hydrogen-bond acceptors (Lipinski definition) is 4. The van der Waals surface area contributed by atoms with Gasteiger partial charge in [0.25, 0.3) is 0 Å². The number of hydrogen-bond donors (Lipinski definition) is 1. The molecular weight excluding hydrogens is 248 g/mol. The number of aromatic nitrogens is 1. The third kappa shape index (κ3) is 2.69. The molecule has 0 spiro atoms. The van der Waals surface area contributed by atoms with Crippen LogP contribution in [0.1, 0.15) is 42.8 Å². The van der Waals surface area contributed by atoms with E-state index in [1.165, 1.54) is 33.5 Å². The number of nitrogens with zero attached hydrogens (tertiary/aromatic N) is 1. The van der Waals surface area contributed by atoms with Crippen LogP contribution in [0.15, 0.2) is 0 Å². The molecule has 2 rings (SSSR count). The van der Waals surface area contributed by atoms with Crippen molar-refractivity contribution in [2.24, 2.45) is 0 Å². The Morgan fingerprint density at radius 1 is 1.47 bits per heavy atom. The summed E-state index contributed by atoms with van der Waals surface area (Å²) in [6, 6.07) is 0.517. The van der Waals surface area contributed by atoms with E-state index >= 15 is 0 Å². The topological polar surface area (TPSA) is 24.9 Å². The molecule has 0 aromatic carbocycles. The average molecular weight is 270 g/mol. The van der Waals surface area contributed by atoms with E-state index in [9.17, 15) is 0 Å². The zero-order chi connectivity index (χ0) is 12.5. The van der Waals surface area contributed by atoms with Crippen molar-refractivity contribution in [3.05, 3.63) is 15.6 Å². The number of thiazole rings is 1. The first-order valence-electron chi connectivity index (χ1n) is 6.39. The summed E-state index contributed by atoms with van der Waals surface area (Å²) in [6.07, 6.45) is 2.26. The first-order chi connectivity index (χ1) is 8.07. The molecule has 1 aliphatic heterocycles. The molecule has 0 radical (unpaired) electrons. The fourth-order valence-electron chi connectivity index (χ4n) is 2.42. The number of nitrogens with one attached hydrogen (secondary N) is 1. The fraction of sp³-hybridized carbons (Fsp3) is 0.769. The van der Waals surface area contributed by atoms with Gasteiger partial charge in [-0.1, -0.05) is 6.92 Å². The molecule has 17 heavy (non-hydrogen) atoms. The van der Waals surface area contributed by atoms with E-state index in [4.69, 9.17) is 4.98 Å². The second-order valence-electron chi connectivity index (χ2n) is 5.06. The van der Waals surface area contributed by atoms with Gasteiger partial charge in [0, 0.05) is 16.7 Å². The molecule has 1 saturated heterocycles. The average Bonchev–Trinajstić information content (AvgIpc) is 2.85. The molecule has 1 aliphatic rings. The number of aryl methyl sites for hydroxylation is 2. The summed E-state index contributed by atoms with van der Waals surface area (Å²) in [7, 11) is 0. The lowest BCUT2D eigenvalue weighted by molar-refractivity contribution is 0.341. The first-order valence-corrected chi connectivity index (χ1v) is 8.37. The molecule has 0 aliphatic carbocycles. The smallest absolute Gasteiger partial charge is 0.114 e. The molecule has 1 fully saturated rings. The Kier molecular flexibility index (Phi) is 4.16. The zero-order valence-electron chi connectivity index (χ0n) is 11.2. The van der Waals surface area contributed by atoms with Crippen LogP contribution in [0, 0.1) is 6.92 Å². The molecular formula is C13H22N2S2. The van der Waals surface area contributed by atoms with Gasteiger partial charge in [-0.2, -0.15) is 11.8 Å². The molecule has 1 N–H and O–H groups in total. The lowest BCUT2D eigenvalue weighted by Gasteiger charge is -2.30. The molecule has 4 heteroatoms. The summed E-state index contributed by atoms with van der Waals surface area (Å²) in [5, 5.41) is 5.07. The Balaban J connectivity index is 2.31. The van der Waals surface area contributed by atoms with Gasteiger partial charge in [0.15, 0.2) is 0 Å². The van der Waals surface area contributed by atoms with E-state index in [2.05, 4.69) is 33.0 Å². The van der Waals surface area contributed by atoms with E-state index in [1.54, 1.807) is 0 Å². The van der Waals surface area contributed by atoms with Crippen molar-refractivity contribution in [1.82, 2.24) is 10.3 Å². The van der Waals surface area contributed by atoms with Gasteiger partial charge >= 0.3 is 0 Å². The van der Waals surface area contributed by atoms with Crippen LogP contribution in [0.5, 0.6) is 0 Å². The van der Waals surface area contributed by atoms with Crippen LogP contribution >= 0.6 is 23.1 Å². The van der Waals surface area contributed by atoms with Crippen molar-refractivity contribution in [3.63, 3.8) is 0 Å². The minimum Gasteiger partial charge on any atom is -0.302 e. The predicted molar refractivity (Wildman–Crippen MR) is 78.1 cm³/mol. The summed E-state index contributed by atoms with van der Waals surface area (Å²) in [4.78, 5) is 6.27. The second kappa shape index (κ2) is 5.29. The Morgan fingerprint density at radius 3 is 2.71 bits per heavy atom. The van der Waals surface area contributed by atoms with E-state index in [0.717, 1.165) is 6.42 Å². The van der Waals surface area contributed by atoms with Crippen LogP contribution in [0.4, 0.5) is 0 Å². The molecule has 1 atom stereocenters. The summed E-state index contributed by atoms with van der Waals surface area (Å²) in [5.74, 6) is 2.42. The van der Waals surface area contributed by atoms with Gasteiger partial charge in [-0.3, -0.25) is 0 Å². The minimum atomic E-state index is 0.141. The molecule has 1 aromatic rings. The third-order valence-electron chi connectivity index (χ3n) is 3.22. The Labute approximate surface area is 113 Å². The van der Waals surface area contributed by atoms with Crippen LogP contribution < -0.4 is 5.32 Å². The maximum atomic E-state index is 4.88. The van der Waals surface area contributed by atoms with Gasteiger partial charge in [0.1, 0.15) is 5.01 Å². The summed E-state index contributed by atoms with van der Waals surface area (Å²) < 4.78 is 0. The predicted octanol–water partition coefficient (Wildman–Crippen LogP) is 3.34. The van der Waals surface area contributed by atoms with Gasteiger partial charge in [-0.15, -0.1) is 11.3 Å². The lowest BCUT2D eigenvalue weighted by atomic mass is 9.98. The summed E-state index contributed by atoms with van der Waals surface area (Å²) >= 11 is 3.93. The van der Waals surface area contributed by atoms with E-state index in [0.29, 0.717) is 6.04 Å². The summed E-state index contributed by atoms with van der Waals surface area (Å²) in [6.45, 7) is 8.85. The van der Waals surface area contributed by atoms with Crippen molar-refractivity contribution < 1.29 is 0 Å². The lowest BCUT2D eigenvalue weighted by Crippen LogP contribution is -2.46. The normalized spacial score (nSPS) is 24.8. The van der Waals surface area contributed by atoms with Gasteiger partial charge < -0.3 is 5.32 Å². The molecule has 2 nitrogen and oxygen atoms in total. The standard InChI is InChI=1S/C13H22N2S2/c1-5-11-10(4)17-12(14-11)13(15-9(2)3)6-7-16-8-13/h9,15H,5-8H2,1-4H3. The molecule has 1 unspecified atom stereocenters. The van der Waals surface area contributed by atoms with Gasteiger partial charge in [-0.25, -0.2) is 4.98 Å². The van der Waals surface area contributed by atoms with Crippen LogP contribution in [-0.2, 0) is 12.0 Å². The fourth-order valence-corrected chi connectivity index (χ4v) is 5.05. The molecule has 0 saturated carbocycles. The molecule has 1 aromatic heterocycles. The maximum absolute atomic E-state index is 4.88.